The molecule has 0 bridgehead atoms. The van der Waals surface area contributed by atoms with Crippen LogP contribution in [0.2, 0.25) is 0 Å². The minimum atomic E-state index is -4.62. The van der Waals surface area contributed by atoms with Gasteiger partial charge in [-0.2, -0.15) is 18.4 Å². The second-order valence-electron chi connectivity index (χ2n) is 10.3. The molecular formula is C27H34BF3N4O6. The molecule has 0 saturated carbocycles. The van der Waals surface area contributed by atoms with E-state index >= 15 is 0 Å². The lowest BCUT2D eigenvalue weighted by Crippen LogP contribution is -2.56. The molecule has 0 radical (unpaired) electrons. The van der Waals surface area contributed by atoms with Crippen molar-refractivity contribution in [2.24, 2.45) is 5.92 Å². The van der Waals surface area contributed by atoms with Gasteiger partial charge in [-0.25, -0.2) is 0 Å². The van der Waals surface area contributed by atoms with E-state index in [1.54, 1.807) is 30.3 Å². The maximum atomic E-state index is 13.0. The summed E-state index contributed by atoms with van der Waals surface area (Å²) in [5.74, 6) is -2.63. The van der Waals surface area contributed by atoms with Gasteiger partial charge in [0.15, 0.2) is 0 Å². The van der Waals surface area contributed by atoms with Crippen LogP contribution in [0.25, 0.3) is 11.0 Å². The molecule has 3 rings (SSSR count). The van der Waals surface area contributed by atoms with Crippen LogP contribution in [0, 0.1) is 17.2 Å². The summed E-state index contributed by atoms with van der Waals surface area (Å²) in [4.78, 5) is 27.4. The number of nitriles is 1. The van der Waals surface area contributed by atoms with E-state index in [1.165, 1.54) is 11.2 Å². The Kier molecular flexibility index (Phi) is 11.4. The number of nitrogens with zero attached hydrogens (tertiary/aromatic N) is 2. The molecule has 0 aliphatic carbocycles. The quantitative estimate of drug-likeness (QED) is 0.161. The summed E-state index contributed by atoms with van der Waals surface area (Å²) >= 11 is 0. The fourth-order valence-corrected chi connectivity index (χ4v) is 4.65. The Labute approximate surface area is 236 Å². The van der Waals surface area contributed by atoms with Crippen molar-refractivity contribution in [1.29, 1.82) is 5.26 Å². The molecule has 3 atom stereocenters. The molecule has 2 aromatic rings. The first kappa shape index (κ1) is 32.1. The van der Waals surface area contributed by atoms with Gasteiger partial charge in [-0.15, -0.1) is 0 Å². The monoisotopic (exact) mass is 578 g/mol. The SMILES string of the molecule is CC(C)C=C(C#N)C(=O)N1CCCC1COCC(NCC(F)(F)F)C(=O)N[C@@H](Cc1coc2ccccc12)B(O)O. The Balaban J connectivity index is 1.66. The number of carbonyl (C=O) groups is 2. The van der Waals surface area contributed by atoms with Gasteiger partial charge in [0.05, 0.1) is 38.0 Å². The Morgan fingerprint density at radius 1 is 1.32 bits per heavy atom. The van der Waals surface area contributed by atoms with Crippen LogP contribution < -0.4 is 10.6 Å². The van der Waals surface area contributed by atoms with Gasteiger partial charge in [0, 0.05) is 11.9 Å². The van der Waals surface area contributed by atoms with Crippen molar-refractivity contribution in [1.82, 2.24) is 15.5 Å². The third-order valence-electron chi connectivity index (χ3n) is 6.64. The molecule has 10 nitrogen and oxygen atoms in total. The van der Waals surface area contributed by atoms with E-state index in [-0.39, 0.29) is 24.5 Å². The van der Waals surface area contributed by atoms with Crippen LogP contribution >= 0.6 is 0 Å². The van der Waals surface area contributed by atoms with Gasteiger partial charge in [-0.1, -0.05) is 38.1 Å². The lowest BCUT2D eigenvalue weighted by atomic mass is 9.75. The van der Waals surface area contributed by atoms with E-state index in [2.05, 4.69) is 10.6 Å². The fraction of sp³-hybridized carbons (Fsp3) is 0.519. The number of ether oxygens (including phenoxy) is 1. The number of fused-ring (bicyclic) bond motifs is 1. The number of halogens is 3. The summed E-state index contributed by atoms with van der Waals surface area (Å²) in [5, 5.41) is 34.4. The minimum absolute atomic E-state index is 0.00926. The van der Waals surface area contributed by atoms with Crippen molar-refractivity contribution in [2.45, 2.75) is 57.3 Å². The summed E-state index contributed by atoms with van der Waals surface area (Å²) in [6, 6.07) is 7.01. The standard InChI is InChI=1S/C27H34BF3N4O6/c1-17(2)10-18(12-32)26(37)35-9-5-6-20(35)14-40-15-22(33-16-27(29,30)31)25(36)34-24(28(38)39)11-19-13-41-23-8-4-3-7-21(19)23/h3-4,7-8,10,13,17,20,22,24,33,38-39H,5-6,9,11,14-16H2,1-2H3,(H,34,36)/t20?,22?,24-/m0/s1. The number of para-hydroxylation sites is 1. The topological polar surface area (TPSA) is 148 Å². The highest BCUT2D eigenvalue weighted by Crippen LogP contribution is 2.23. The zero-order valence-corrected chi connectivity index (χ0v) is 22.9. The Morgan fingerprint density at radius 3 is 2.71 bits per heavy atom. The number of allylic oxidation sites excluding steroid dienone is 1. The Morgan fingerprint density at radius 2 is 2.05 bits per heavy atom. The third kappa shape index (κ3) is 9.32. The van der Waals surface area contributed by atoms with Gasteiger partial charge in [-0.3, -0.25) is 14.9 Å². The molecule has 2 amide bonds. The maximum Gasteiger partial charge on any atom is 0.475 e. The largest absolute Gasteiger partial charge is 0.475 e. The predicted molar refractivity (Wildman–Crippen MR) is 144 cm³/mol. The van der Waals surface area contributed by atoms with E-state index in [9.17, 15) is 38.1 Å². The molecule has 1 saturated heterocycles. The van der Waals surface area contributed by atoms with Crippen LogP contribution in [0.5, 0.6) is 0 Å². The average molecular weight is 578 g/mol. The van der Waals surface area contributed by atoms with Crippen LogP contribution in [0.15, 0.2) is 46.6 Å². The van der Waals surface area contributed by atoms with E-state index < -0.39 is 56.3 Å². The first-order valence-electron chi connectivity index (χ1n) is 13.3. The molecule has 1 aromatic carbocycles. The maximum absolute atomic E-state index is 13.0. The summed E-state index contributed by atoms with van der Waals surface area (Å²) in [7, 11) is -2.01. The average Bonchev–Trinajstić information content (AvgIpc) is 3.54. The fourth-order valence-electron chi connectivity index (χ4n) is 4.65. The number of benzene rings is 1. The van der Waals surface area contributed by atoms with Crippen LogP contribution in [-0.2, 0) is 20.7 Å². The first-order chi connectivity index (χ1) is 19.4. The van der Waals surface area contributed by atoms with E-state index in [0.29, 0.717) is 35.9 Å². The van der Waals surface area contributed by atoms with E-state index in [1.807, 2.05) is 19.9 Å². The number of furan rings is 1. The second kappa shape index (κ2) is 14.5. The summed E-state index contributed by atoms with van der Waals surface area (Å²) in [6.07, 6.45) is -0.464. The zero-order chi connectivity index (χ0) is 30.2. The highest BCUT2D eigenvalue weighted by Gasteiger charge is 2.35. The molecule has 2 unspecified atom stereocenters. The highest BCUT2D eigenvalue weighted by atomic mass is 19.4. The first-order valence-corrected chi connectivity index (χ1v) is 13.3. The summed E-state index contributed by atoms with van der Waals surface area (Å²) < 4.78 is 50.0. The summed E-state index contributed by atoms with van der Waals surface area (Å²) in [5.41, 5.74) is 1.14. The van der Waals surface area contributed by atoms with E-state index in [0.717, 1.165) is 0 Å². The Bertz CT molecular complexity index is 1260. The minimum Gasteiger partial charge on any atom is -0.464 e. The number of rotatable bonds is 13. The highest BCUT2D eigenvalue weighted by molar-refractivity contribution is 6.43. The molecule has 41 heavy (non-hydrogen) atoms. The van der Waals surface area contributed by atoms with Gasteiger partial charge in [0.25, 0.3) is 5.91 Å². The number of nitrogens with one attached hydrogen (secondary N) is 2. The summed E-state index contributed by atoms with van der Waals surface area (Å²) in [6.45, 7) is 2.07. The van der Waals surface area contributed by atoms with Crippen LogP contribution in [-0.4, -0.2) is 84.4 Å². The molecule has 1 fully saturated rings. The van der Waals surface area contributed by atoms with Crippen LogP contribution in [0.4, 0.5) is 13.2 Å². The molecule has 0 spiro atoms. The van der Waals surface area contributed by atoms with Crippen molar-refractivity contribution >= 4 is 29.9 Å². The normalized spacial score (nSPS) is 17.5. The number of carbonyl (C=O) groups excluding carboxylic acids is 2. The van der Waals surface area contributed by atoms with Crippen LogP contribution in [0.1, 0.15) is 32.3 Å². The molecular weight excluding hydrogens is 544 g/mol. The van der Waals surface area contributed by atoms with Gasteiger partial charge in [0.2, 0.25) is 5.91 Å². The van der Waals surface area contributed by atoms with E-state index in [4.69, 9.17) is 9.15 Å². The number of hydrogen-bond acceptors (Lipinski definition) is 8. The molecule has 4 N–H and O–H groups in total. The van der Waals surface area contributed by atoms with Crippen molar-refractivity contribution in [2.75, 3.05) is 26.3 Å². The zero-order valence-electron chi connectivity index (χ0n) is 22.9. The van der Waals surface area contributed by atoms with Crippen molar-refractivity contribution in [3.8, 4) is 6.07 Å². The number of hydrogen-bond donors (Lipinski definition) is 4. The molecule has 1 aliphatic rings. The van der Waals surface area contributed by atoms with Crippen LogP contribution in [0.3, 0.4) is 0 Å². The molecule has 1 aliphatic heterocycles. The molecule has 2 heterocycles. The van der Waals surface area contributed by atoms with Gasteiger partial charge in [-0.05, 0) is 36.8 Å². The van der Waals surface area contributed by atoms with Gasteiger partial charge >= 0.3 is 13.3 Å². The molecule has 14 heteroatoms. The van der Waals surface area contributed by atoms with Gasteiger partial charge in [0.1, 0.15) is 23.3 Å². The lowest BCUT2D eigenvalue weighted by molar-refractivity contribution is -0.135. The molecule has 1 aromatic heterocycles. The van der Waals surface area contributed by atoms with Gasteiger partial charge < -0.3 is 29.4 Å². The smallest absolute Gasteiger partial charge is 0.464 e. The number of alkyl halides is 3. The Hall–Kier alpha value is -3.38. The third-order valence-corrected chi connectivity index (χ3v) is 6.64. The predicted octanol–water partition coefficient (Wildman–Crippen LogP) is 2.11. The van der Waals surface area contributed by atoms with Crippen molar-refractivity contribution in [3.05, 3.63) is 47.7 Å². The van der Waals surface area contributed by atoms with Crippen molar-refractivity contribution in [3.63, 3.8) is 0 Å². The molecule has 222 valence electrons. The second-order valence-corrected chi connectivity index (χ2v) is 10.3. The lowest BCUT2D eigenvalue weighted by Gasteiger charge is -2.26. The number of amides is 2. The number of likely N-dealkylation sites (tertiary alicyclic amines) is 1. The van der Waals surface area contributed by atoms with Crippen molar-refractivity contribution < 1.29 is 42.0 Å².